The van der Waals surface area contributed by atoms with Gasteiger partial charge in [0.1, 0.15) is 12.0 Å². The second-order valence-electron chi connectivity index (χ2n) is 5.36. The second kappa shape index (κ2) is 5.90. The summed E-state index contributed by atoms with van der Waals surface area (Å²) < 4.78 is 5.15. The molecule has 0 saturated carbocycles. The highest BCUT2D eigenvalue weighted by Crippen LogP contribution is 2.32. The number of aliphatic hydroxyl groups is 2. The zero-order valence-electron chi connectivity index (χ0n) is 11.8. The van der Waals surface area contributed by atoms with Crippen molar-refractivity contribution in [2.75, 3.05) is 13.7 Å². The summed E-state index contributed by atoms with van der Waals surface area (Å²) in [5.74, 6) is 0.982. The zero-order chi connectivity index (χ0) is 14.0. The first-order valence-electron chi connectivity index (χ1n) is 6.78. The van der Waals surface area contributed by atoms with Crippen LogP contribution in [0.1, 0.15) is 31.9 Å². The third kappa shape index (κ3) is 3.08. The van der Waals surface area contributed by atoms with Crippen LogP contribution in [0.3, 0.4) is 0 Å². The third-order valence-electron chi connectivity index (χ3n) is 4.12. The molecule has 2 N–H and O–H groups in total. The number of nitrogens with zero attached hydrogens (tertiary/aromatic N) is 1. The molecule has 4 unspecified atom stereocenters. The molecule has 4 heteroatoms. The third-order valence-corrected chi connectivity index (χ3v) is 4.12. The fourth-order valence-electron chi connectivity index (χ4n) is 2.71. The summed E-state index contributed by atoms with van der Waals surface area (Å²) in [4.78, 5) is 2.04. The van der Waals surface area contributed by atoms with E-state index in [0.29, 0.717) is 6.42 Å². The first-order valence-corrected chi connectivity index (χ1v) is 6.78. The Balaban J connectivity index is 2.08. The van der Waals surface area contributed by atoms with Crippen molar-refractivity contribution in [1.82, 2.24) is 4.90 Å². The fourth-order valence-corrected chi connectivity index (χ4v) is 2.71. The van der Waals surface area contributed by atoms with Crippen LogP contribution in [0.4, 0.5) is 0 Å². The number of hydrogen-bond acceptors (Lipinski definition) is 4. The van der Waals surface area contributed by atoms with Crippen molar-refractivity contribution in [3.8, 4) is 5.75 Å². The predicted octanol–water partition coefficient (Wildman–Crippen LogP) is 1.78. The van der Waals surface area contributed by atoms with Gasteiger partial charge in [-0.25, -0.2) is 0 Å². The molecule has 0 aromatic heterocycles. The lowest BCUT2D eigenvalue weighted by molar-refractivity contribution is 0.0126. The molecule has 2 rings (SSSR count). The van der Waals surface area contributed by atoms with E-state index in [1.54, 1.807) is 14.0 Å². The molecule has 1 saturated heterocycles. The molecule has 106 valence electrons. The fraction of sp³-hybridized carbons (Fsp3) is 0.600. The molecule has 1 aliphatic rings. The summed E-state index contributed by atoms with van der Waals surface area (Å²) in [7, 11) is 1.65. The van der Waals surface area contributed by atoms with Crippen molar-refractivity contribution in [2.45, 2.75) is 38.6 Å². The summed E-state index contributed by atoms with van der Waals surface area (Å²) in [5.41, 5.74) is 1.14. The molecular weight excluding hydrogens is 242 g/mol. The van der Waals surface area contributed by atoms with Crippen LogP contribution < -0.4 is 4.74 Å². The quantitative estimate of drug-likeness (QED) is 0.871. The molecule has 0 spiro atoms. The predicted molar refractivity (Wildman–Crippen MR) is 73.9 cm³/mol. The standard InChI is InChI=1S/C15H23NO3/c1-10(12-4-6-14(19-3)7-5-12)16-9-13(11(2)17)8-15(16)18/h4-7,10-11,13,15,17-18H,8-9H2,1-3H3. The molecule has 1 heterocycles. The summed E-state index contributed by atoms with van der Waals surface area (Å²) >= 11 is 0. The zero-order valence-corrected chi connectivity index (χ0v) is 11.8. The smallest absolute Gasteiger partial charge is 0.118 e. The average Bonchev–Trinajstić information content (AvgIpc) is 2.80. The molecule has 4 atom stereocenters. The Morgan fingerprint density at radius 3 is 2.37 bits per heavy atom. The molecule has 19 heavy (non-hydrogen) atoms. The van der Waals surface area contributed by atoms with E-state index in [-0.39, 0.29) is 18.1 Å². The van der Waals surface area contributed by atoms with Crippen molar-refractivity contribution in [2.24, 2.45) is 5.92 Å². The van der Waals surface area contributed by atoms with E-state index in [1.165, 1.54) is 0 Å². The maximum Gasteiger partial charge on any atom is 0.118 e. The molecule has 1 aromatic carbocycles. The van der Waals surface area contributed by atoms with Gasteiger partial charge in [-0.05, 0) is 38.0 Å². The molecule has 1 fully saturated rings. The minimum Gasteiger partial charge on any atom is -0.497 e. The average molecular weight is 265 g/mol. The second-order valence-corrected chi connectivity index (χ2v) is 5.36. The van der Waals surface area contributed by atoms with Gasteiger partial charge in [0.15, 0.2) is 0 Å². The van der Waals surface area contributed by atoms with Gasteiger partial charge in [-0.3, -0.25) is 4.90 Å². The van der Waals surface area contributed by atoms with Gasteiger partial charge in [0.05, 0.1) is 13.2 Å². The monoisotopic (exact) mass is 265 g/mol. The molecule has 1 aliphatic heterocycles. The highest BCUT2D eigenvalue weighted by atomic mass is 16.5. The largest absolute Gasteiger partial charge is 0.497 e. The molecular formula is C15H23NO3. The van der Waals surface area contributed by atoms with E-state index in [0.717, 1.165) is 17.9 Å². The lowest BCUT2D eigenvalue weighted by Gasteiger charge is -2.28. The van der Waals surface area contributed by atoms with E-state index in [1.807, 2.05) is 29.2 Å². The number of benzene rings is 1. The Bertz CT molecular complexity index is 404. The molecule has 0 bridgehead atoms. The van der Waals surface area contributed by atoms with Crippen molar-refractivity contribution >= 4 is 0 Å². The Hall–Kier alpha value is -1.10. The van der Waals surface area contributed by atoms with Crippen molar-refractivity contribution < 1.29 is 14.9 Å². The molecule has 0 amide bonds. The van der Waals surface area contributed by atoms with Gasteiger partial charge in [-0.2, -0.15) is 0 Å². The molecule has 0 aliphatic carbocycles. The topological polar surface area (TPSA) is 52.9 Å². The Morgan fingerprint density at radius 1 is 1.26 bits per heavy atom. The van der Waals surface area contributed by atoms with Gasteiger partial charge in [0, 0.05) is 18.5 Å². The van der Waals surface area contributed by atoms with E-state index < -0.39 is 6.23 Å². The number of rotatable bonds is 4. The summed E-state index contributed by atoms with van der Waals surface area (Å²) in [5, 5.41) is 19.8. The van der Waals surface area contributed by atoms with Crippen molar-refractivity contribution in [3.63, 3.8) is 0 Å². The van der Waals surface area contributed by atoms with Gasteiger partial charge in [-0.15, -0.1) is 0 Å². The summed E-state index contributed by atoms with van der Waals surface area (Å²) in [6.45, 7) is 4.60. The van der Waals surface area contributed by atoms with E-state index in [9.17, 15) is 10.2 Å². The summed E-state index contributed by atoms with van der Waals surface area (Å²) in [6.07, 6.45) is -0.211. The van der Waals surface area contributed by atoms with Gasteiger partial charge >= 0.3 is 0 Å². The van der Waals surface area contributed by atoms with Gasteiger partial charge in [0.2, 0.25) is 0 Å². The maximum absolute atomic E-state index is 10.1. The first-order chi connectivity index (χ1) is 9.02. The summed E-state index contributed by atoms with van der Waals surface area (Å²) in [6, 6.07) is 8.03. The minimum atomic E-state index is -0.475. The van der Waals surface area contributed by atoms with E-state index in [2.05, 4.69) is 6.92 Å². The van der Waals surface area contributed by atoms with Crippen LogP contribution in [0.15, 0.2) is 24.3 Å². The van der Waals surface area contributed by atoms with Crippen LogP contribution in [0.2, 0.25) is 0 Å². The maximum atomic E-state index is 10.1. The van der Waals surface area contributed by atoms with Crippen LogP contribution in [-0.2, 0) is 0 Å². The van der Waals surface area contributed by atoms with Crippen molar-refractivity contribution in [1.29, 1.82) is 0 Å². The van der Waals surface area contributed by atoms with Crippen LogP contribution in [0.25, 0.3) is 0 Å². The lowest BCUT2D eigenvalue weighted by Crippen LogP contribution is -2.32. The normalized spacial score (nSPS) is 27.2. The number of hydrogen-bond donors (Lipinski definition) is 2. The minimum absolute atomic E-state index is 0.129. The first kappa shape index (κ1) is 14.3. The lowest BCUT2D eigenvalue weighted by atomic mass is 10.0. The van der Waals surface area contributed by atoms with Crippen LogP contribution in [0, 0.1) is 5.92 Å². The van der Waals surface area contributed by atoms with Gasteiger partial charge in [-0.1, -0.05) is 12.1 Å². The SMILES string of the molecule is COc1ccc(C(C)N2CC(C(C)O)CC2O)cc1. The Morgan fingerprint density at radius 2 is 1.89 bits per heavy atom. The molecule has 4 nitrogen and oxygen atoms in total. The van der Waals surface area contributed by atoms with Crippen molar-refractivity contribution in [3.05, 3.63) is 29.8 Å². The van der Waals surface area contributed by atoms with E-state index in [4.69, 9.17) is 4.74 Å². The number of ether oxygens (including phenoxy) is 1. The molecule has 0 radical (unpaired) electrons. The highest BCUT2D eigenvalue weighted by molar-refractivity contribution is 5.29. The van der Waals surface area contributed by atoms with Crippen LogP contribution >= 0.6 is 0 Å². The van der Waals surface area contributed by atoms with E-state index >= 15 is 0 Å². The van der Waals surface area contributed by atoms with Crippen LogP contribution in [-0.4, -0.2) is 41.1 Å². The molecule has 1 aromatic rings. The number of likely N-dealkylation sites (tertiary alicyclic amines) is 1. The highest BCUT2D eigenvalue weighted by Gasteiger charge is 2.36. The van der Waals surface area contributed by atoms with Gasteiger partial charge in [0.25, 0.3) is 0 Å². The number of methoxy groups -OCH3 is 1. The Labute approximate surface area is 114 Å². The van der Waals surface area contributed by atoms with Gasteiger partial charge < -0.3 is 14.9 Å². The number of aliphatic hydroxyl groups excluding tert-OH is 2. The van der Waals surface area contributed by atoms with Crippen LogP contribution in [0.5, 0.6) is 5.75 Å². The Kier molecular flexibility index (Phi) is 4.45.